The lowest BCUT2D eigenvalue weighted by Crippen LogP contribution is -2.39. The molecule has 1 aromatic rings. The Hall–Kier alpha value is -0.870. The van der Waals surface area contributed by atoms with Crippen LogP contribution in [0.4, 0.5) is 0 Å². The van der Waals surface area contributed by atoms with Gasteiger partial charge in [0.25, 0.3) is 0 Å². The van der Waals surface area contributed by atoms with Crippen LogP contribution in [0.3, 0.4) is 0 Å². The van der Waals surface area contributed by atoms with Gasteiger partial charge in [-0.05, 0) is 18.9 Å². The normalized spacial score (nSPS) is 14.1. The fourth-order valence-electron chi connectivity index (χ4n) is 1.45. The molecule has 94 valence electrons. The average Bonchev–Trinajstić information content (AvgIpc) is 2.37. The van der Waals surface area contributed by atoms with Crippen molar-refractivity contribution in [2.45, 2.75) is 25.6 Å². The predicted octanol–water partition coefficient (Wildman–Crippen LogP) is 2.92. The number of halogens is 1. The number of ether oxygens (including phenoxy) is 2. The van der Waals surface area contributed by atoms with E-state index in [0.29, 0.717) is 18.4 Å². The lowest BCUT2D eigenvalue weighted by molar-refractivity contribution is -0.169. The lowest BCUT2D eigenvalue weighted by Gasteiger charge is -2.26. The highest BCUT2D eigenvalue weighted by Crippen LogP contribution is 2.20. The van der Waals surface area contributed by atoms with Crippen molar-refractivity contribution in [3.05, 3.63) is 35.9 Å². The monoisotopic (exact) mass is 300 g/mol. The molecule has 0 N–H and O–H groups in total. The zero-order chi connectivity index (χ0) is 12.7. The molecule has 0 aliphatic carbocycles. The van der Waals surface area contributed by atoms with Crippen molar-refractivity contribution in [2.75, 3.05) is 12.4 Å². The van der Waals surface area contributed by atoms with E-state index in [1.807, 2.05) is 30.3 Å². The number of alkyl halides is 1. The fraction of sp³-hybridized carbons (Fsp3) is 0.462. The maximum Gasteiger partial charge on any atom is 0.337 e. The summed E-state index contributed by atoms with van der Waals surface area (Å²) in [6.07, 6.45) is 0.576. The summed E-state index contributed by atoms with van der Waals surface area (Å²) >= 11 is 3.32. The van der Waals surface area contributed by atoms with Gasteiger partial charge in [0.1, 0.15) is 0 Å². The Morgan fingerprint density at radius 1 is 1.35 bits per heavy atom. The van der Waals surface area contributed by atoms with E-state index in [1.165, 1.54) is 7.11 Å². The van der Waals surface area contributed by atoms with E-state index in [-0.39, 0.29) is 5.97 Å². The minimum Gasteiger partial charge on any atom is -0.467 e. The van der Waals surface area contributed by atoms with E-state index >= 15 is 0 Å². The second-order valence-electron chi connectivity index (χ2n) is 3.94. The molecule has 1 rings (SSSR count). The minimum absolute atomic E-state index is 0.340. The molecule has 0 aliphatic heterocycles. The number of rotatable bonds is 6. The van der Waals surface area contributed by atoms with E-state index in [1.54, 1.807) is 6.92 Å². The van der Waals surface area contributed by atoms with E-state index in [4.69, 9.17) is 9.47 Å². The zero-order valence-electron chi connectivity index (χ0n) is 10.1. The maximum absolute atomic E-state index is 11.7. The Balaban J connectivity index is 2.64. The number of hydrogen-bond acceptors (Lipinski definition) is 3. The standard InChI is InChI=1S/C13H17BrO3/c1-13(8-9-14,12(15)16-2)17-10-11-6-4-3-5-7-11/h3-7H,8-10H2,1-2H3. The van der Waals surface area contributed by atoms with Gasteiger partial charge in [0, 0.05) is 5.33 Å². The predicted molar refractivity (Wildman–Crippen MR) is 70.1 cm³/mol. The SMILES string of the molecule is COC(=O)C(C)(CCBr)OCc1ccccc1. The fourth-order valence-corrected chi connectivity index (χ4v) is 2.20. The topological polar surface area (TPSA) is 35.5 Å². The first-order valence-electron chi connectivity index (χ1n) is 5.44. The summed E-state index contributed by atoms with van der Waals surface area (Å²) in [5.74, 6) is -0.340. The molecule has 1 atom stereocenters. The van der Waals surface area contributed by atoms with Crippen LogP contribution in [-0.4, -0.2) is 24.0 Å². The molecule has 0 fully saturated rings. The summed E-state index contributed by atoms with van der Waals surface area (Å²) in [5, 5.41) is 0.688. The van der Waals surface area contributed by atoms with Gasteiger partial charge in [0.2, 0.25) is 0 Å². The quantitative estimate of drug-likeness (QED) is 0.598. The Labute approximate surface area is 110 Å². The Bertz CT molecular complexity index is 353. The van der Waals surface area contributed by atoms with Crippen LogP contribution in [0.2, 0.25) is 0 Å². The molecule has 0 aromatic heterocycles. The average molecular weight is 301 g/mol. The third-order valence-electron chi connectivity index (χ3n) is 2.59. The highest BCUT2D eigenvalue weighted by molar-refractivity contribution is 9.09. The summed E-state index contributed by atoms with van der Waals surface area (Å²) in [6.45, 7) is 2.16. The number of benzene rings is 1. The summed E-state index contributed by atoms with van der Waals surface area (Å²) in [6, 6.07) is 9.76. The van der Waals surface area contributed by atoms with Gasteiger partial charge in [-0.25, -0.2) is 4.79 Å². The van der Waals surface area contributed by atoms with Crippen LogP contribution in [0.25, 0.3) is 0 Å². The first-order chi connectivity index (χ1) is 8.12. The number of carbonyl (C=O) groups excluding carboxylic acids is 1. The minimum atomic E-state index is -0.895. The molecule has 17 heavy (non-hydrogen) atoms. The number of carbonyl (C=O) groups is 1. The first-order valence-corrected chi connectivity index (χ1v) is 6.57. The maximum atomic E-state index is 11.7. The third kappa shape index (κ3) is 4.13. The van der Waals surface area contributed by atoms with Crippen molar-refractivity contribution in [1.82, 2.24) is 0 Å². The highest BCUT2D eigenvalue weighted by Gasteiger charge is 2.34. The van der Waals surface area contributed by atoms with Crippen molar-refractivity contribution < 1.29 is 14.3 Å². The molecular weight excluding hydrogens is 284 g/mol. The molecule has 0 amide bonds. The van der Waals surface area contributed by atoms with Crippen LogP contribution < -0.4 is 0 Å². The highest BCUT2D eigenvalue weighted by atomic mass is 79.9. The number of esters is 1. The largest absolute Gasteiger partial charge is 0.467 e. The van der Waals surface area contributed by atoms with Crippen LogP contribution in [0.15, 0.2) is 30.3 Å². The molecule has 0 spiro atoms. The molecule has 0 saturated carbocycles. The summed E-state index contributed by atoms with van der Waals surface area (Å²) in [4.78, 5) is 11.7. The van der Waals surface area contributed by atoms with E-state index in [9.17, 15) is 4.79 Å². The van der Waals surface area contributed by atoms with Gasteiger partial charge in [-0.15, -0.1) is 0 Å². The molecule has 0 radical (unpaired) electrons. The van der Waals surface area contributed by atoms with E-state index in [0.717, 1.165) is 5.56 Å². The summed E-state index contributed by atoms with van der Waals surface area (Å²) in [7, 11) is 1.38. The summed E-state index contributed by atoms with van der Waals surface area (Å²) < 4.78 is 10.5. The molecular formula is C13H17BrO3. The summed E-state index contributed by atoms with van der Waals surface area (Å²) in [5.41, 5.74) is 0.144. The smallest absolute Gasteiger partial charge is 0.337 e. The van der Waals surface area contributed by atoms with E-state index < -0.39 is 5.60 Å². The second-order valence-corrected chi connectivity index (χ2v) is 4.73. The van der Waals surface area contributed by atoms with Gasteiger partial charge < -0.3 is 9.47 Å². The number of hydrogen-bond donors (Lipinski definition) is 0. The Kier molecular flexibility index (Phi) is 5.65. The van der Waals surface area contributed by atoms with Crippen LogP contribution >= 0.6 is 15.9 Å². The van der Waals surface area contributed by atoms with Crippen LogP contribution in [-0.2, 0) is 20.9 Å². The molecule has 3 nitrogen and oxygen atoms in total. The molecule has 0 saturated heterocycles. The molecule has 1 aromatic carbocycles. The third-order valence-corrected chi connectivity index (χ3v) is 2.99. The van der Waals surface area contributed by atoms with Crippen LogP contribution in [0.1, 0.15) is 18.9 Å². The van der Waals surface area contributed by atoms with Crippen molar-refractivity contribution >= 4 is 21.9 Å². The van der Waals surface area contributed by atoms with Crippen molar-refractivity contribution in [1.29, 1.82) is 0 Å². The molecule has 0 bridgehead atoms. The molecule has 1 unspecified atom stereocenters. The van der Waals surface area contributed by atoms with Gasteiger partial charge in [-0.3, -0.25) is 0 Å². The van der Waals surface area contributed by atoms with Gasteiger partial charge in [-0.1, -0.05) is 46.3 Å². The second kappa shape index (κ2) is 6.77. The van der Waals surface area contributed by atoms with Crippen molar-refractivity contribution in [3.63, 3.8) is 0 Å². The lowest BCUT2D eigenvalue weighted by atomic mass is 10.0. The zero-order valence-corrected chi connectivity index (χ0v) is 11.7. The van der Waals surface area contributed by atoms with Crippen molar-refractivity contribution in [3.8, 4) is 0 Å². The Morgan fingerprint density at radius 3 is 2.53 bits per heavy atom. The van der Waals surface area contributed by atoms with Crippen LogP contribution in [0, 0.1) is 0 Å². The van der Waals surface area contributed by atoms with Crippen LogP contribution in [0.5, 0.6) is 0 Å². The molecule has 0 heterocycles. The first kappa shape index (κ1) is 14.2. The number of methoxy groups -OCH3 is 1. The van der Waals surface area contributed by atoms with Gasteiger partial charge in [-0.2, -0.15) is 0 Å². The van der Waals surface area contributed by atoms with Gasteiger partial charge in [0.05, 0.1) is 13.7 Å². The van der Waals surface area contributed by atoms with Gasteiger partial charge in [0.15, 0.2) is 5.60 Å². The molecule has 0 aliphatic rings. The van der Waals surface area contributed by atoms with Gasteiger partial charge >= 0.3 is 5.97 Å². The molecule has 4 heteroatoms. The Morgan fingerprint density at radius 2 is 2.00 bits per heavy atom. The van der Waals surface area contributed by atoms with E-state index in [2.05, 4.69) is 15.9 Å². The van der Waals surface area contributed by atoms with Crippen molar-refractivity contribution in [2.24, 2.45) is 0 Å².